The molecule has 70 valence electrons. The molecule has 0 fully saturated rings. The molecule has 3 N–H and O–H groups in total. The standard InChI is InChI=1S/C10H15N3/c1-8-5-3-4-6-9(8)13(2)7-10(11)12/h3-6H,7H2,1-2H3,(H3,11,12). The lowest BCUT2D eigenvalue weighted by Gasteiger charge is -2.20. The fraction of sp³-hybridized carbons (Fsp3) is 0.300. The van der Waals surface area contributed by atoms with Gasteiger partial charge in [-0.15, -0.1) is 0 Å². The number of anilines is 1. The maximum absolute atomic E-state index is 7.18. The average molecular weight is 177 g/mol. The molecule has 0 bridgehead atoms. The van der Waals surface area contributed by atoms with Crippen molar-refractivity contribution in [3.8, 4) is 0 Å². The number of hydrogen-bond donors (Lipinski definition) is 2. The molecular weight excluding hydrogens is 162 g/mol. The van der Waals surface area contributed by atoms with E-state index in [1.807, 2.05) is 43.1 Å². The van der Waals surface area contributed by atoms with Gasteiger partial charge in [-0.2, -0.15) is 0 Å². The number of nitrogens with zero attached hydrogens (tertiary/aromatic N) is 1. The van der Waals surface area contributed by atoms with Crippen molar-refractivity contribution in [2.75, 3.05) is 18.5 Å². The van der Waals surface area contributed by atoms with E-state index in [1.165, 1.54) is 5.56 Å². The van der Waals surface area contributed by atoms with Gasteiger partial charge in [0.15, 0.2) is 0 Å². The Hall–Kier alpha value is -1.51. The highest BCUT2D eigenvalue weighted by molar-refractivity contribution is 5.82. The van der Waals surface area contributed by atoms with Crippen molar-refractivity contribution in [2.24, 2.45) is 5.73 Å². The molecule has 0 radical (unpaired) electrons. The van der Waals surface area contributed by atoms with Crippen LogP contribution in [0.2, 0.25) is 0 Å². The molecule has 0 atom stereocenters. The molecule has 1 aromatic carbocycles. The van der Waals surface area contributed by atoms with Crippen molar-refractivity contribution in [3.05, 3.63) is 29.8 Å². The van der Waals surface area contributed by atoms with Crippen LogP contribution in [0.3, 0.4) is 0 Å². The summed E-state index contributed by atoms with van der Waals surface area (Å²) >= 11 is 0. The summed E-state index contributed by atoms with van der Waals surface area (Å²) in [6, 6.07) is 8.06. The van der Waals surface area contributed by atoms with Crippen LogP contribution in [0.1, 0.15) is 5.56 Å². The lowest BCUT2D eigenvalue weighted by Crippen LogP contribution is -2.30. The van der Waals surface area contributed by atoms with Gasteiger partial charge in [-0.3, -0.25) is 5.41 Å². The van der Waals surface area contributed by atoms with Crippen LogP contribution in [0, 0.1) is 12.3 Å². The Balaban J connectivity index is 2.82. The van der Waals surface area contributed by atoms with Crippen LogP contribution in [0.15, 0.2) is 24.3 Å². The van der Waals surface area contributed by atoms with Crippen LogP contribution < -0.4 is 10.6 Å². The molecule has 0 aromatic heterocycles. The molecule has 0 heterocycles. The van der Waals surface area contributed by atoms with E-state index in [2.05, 4.69) is 0 Å². The minimum absolute atomic E-state index is 0.186. The van der Waals surface area contributed by atoms with Crippen LogP contribution in [0.5, 0.6) is 0 Å². The van der Waals surface area contributed by atoms with E-state index >= 15 is 0 Å². The molecule has 0 aliphatic carbocycles. The van der Waals surface area contributed by atoms with Gasteiger partial charge in [0.05, 0.1) is 6.54 Å². The van der Waals surface area contributed by atoms with E-state index in [9.17, 15) is 0 Å². The van der Waals surface area contributed by atoms with E-state index in [0.717, 1.165) is 5.69 Å². The summed E-state index contributed by atoms with van der Waals surface area (Å²) < 4.78 is 0. The second-order valence-electron chi connectivity index (χ2n) is 3.17. The molecule has 1 rings (SSSR count). The quantitative estimate of drug-likeness (QED) is 0.541. The highest BCUT2D eigenvalue weighted by Gasteiger charge is 2.03. The monoisotopic (exact) mass is 177 g/mol. The Morgan fingerprint density at radius 2 is 2.08 bits per heavy atom. The number of likely N-dealkylation sites (N-methyl/N-ethyl adjacent to an activating group) is 1. The summed E-state index contributed by atoms with van der Waals surface area (Å²) in [5, 5.41) is 7.18. The largest absolute Gasteiger partial charge is 0.386 e. The van der Waals surface area contributed by atoms with Crippen LogP contribution >= 0.6 is 0 Å². The molecule has 13 heavy (non-hydrogen) atoms. The van der Waals surface area contributed by atoms with Crippen molar-refractivity contribution >= 4 is 11.5 Å². The highest BCUT2D eigenvalue weighted by Crippen LogP contribution is 2.16. The lowest BCUT2D eigenvalue weighted by atomic mass is 10.2. The highest BCUT2D eigenvalue weighted by atomic mass is 15.1. The smallest absolute Gasteiger partial charge is 0.110 e. The minimum atomic E-state index is 0.186. The van der Waals surface area contributed by atoms with Crippen molar-refractivity contribution in [1.82, 2.24) is 0 Å². The Morgan fingerprint density at radius 1 is 1.46 bits per heavy atom. The number of benzene rings is 1. The van der Waals surface area contributed by atoms with Gasteiger partial charge < -0.3 is 10.6 Å². The first-order valence-electron chi connectivity index (χ1n) is 4.21. The van der Waals surface area contributed by atoms with Gasteiger partial charge in [-0.05, 0) is 18.6 Å². The van der Waals surface area contributed by atoms with Gasteiger partial charge in [-0.25, -0.2) is 0 Å². The van der Waals surface area contributed by atoms with Crippen molar-refractivity contribution in [3.63, 3.8) is 0 Å². The third kappa shape index (κ3) is 2.47. The second-order valence-corrected chi connectivity index (χ2v) is 3.17. The van der Waals surface area contributed by atoms with Crippen molar-refractivity contribution in [2.45, 2.75) is 6.92 Å². The Labute approximate surface area is 78.7 Å². The first-order valence-corrected chi connectivity index (χ1v) is 4.21. The second kappa shape index (κ2) is 3.94. The summed E-state index contributed by atoms with van der Waals surface area (Å²) in [5.41, 5.74) is 7.65. The van der Waals surface area contributed by atoms with Gasteiger partial charge in [0.1, 0.15) is 5.84 Å². The molecule has 0 saturated heterocycles. The number of amidine groups is 1. The summed E-state index contributed by atoms with van der Waals surface area (Å²) in [7, 11) is 1.93. The number of hydrogen-bond acceptors (Lipinski definition) is 2. The summed E-state index contributed by atoms with van der Waals surface area (Å²) in [6.45, 7) is 2.52. The molecule has 3 heteroatoms. The predicted octanol–water partition coefficient (Wildman–Crippen LogP) is 1.37. The van der Waals surface area contributed by atoms with E-state index in [1.54, 1.807) is 0 Å². The summed E-state index contributed by atoms with van der Waals surface area (Å²) in [4.78, 5) is 1.97. The normalized spacial score (nSPS) is 9.69. The Kier molecular flexibility index (Phi) is 2.90. The van der Waals surface area contributed by atoms with Gasteiger partial charge >= 0.3 is 0 Å². The van der Waals surface area contributed by atoms with Crippen LogP contribution in [0.25, 0.3) is 0 Å². The molecule has 0 aliphatic heterocycles. The fourth-order valence-corrected chi connectivity index (χ4v) is 1.33. The van der Waals surface area contributed by atoms with E-state index in [-0.39, 0.29) is 5.84 Å². The van der Waals surface area contributed by atoms with E-state index in [4.69, 9.17) is 11.1 Å². The number of para-hydroxylation sites is 1. The zero-order valence-electron chi connectivity index (χ0n) is 8.04. The zero-order valence-corrected chi connectivity index (χ0v) is 8.04. The zero-order chi connectivity index (χ0) is 9.84. The van der Waals surface area contributed by atoms with Gasteiger partial charge in [0.25, 0.3) is 0 Å². The van der Waals surface area contributed by atoms with Gasteiger partial charge in [0, 0.05) is 12.7 Å². The Bertz CT molecular complexity index is 307. The molecule has 0 unspecified atom stereocenters. The third-order valence-electron chi connectivity index (χ3n) is 1.93. The molecule has 1 aromatic rings. The average Bonchev–Trinajstić information content (AvgIpc) is 2.03. The molecule has 0 aliphatic rings. The molecule has 0 saturated carbocycles. The molecule has 3 nitrogen and oxygen atoms in total. The summed E-state index contributed by atoms with van der Waals surface area (Å²) in [5.74, 6) is 0.186. The first kappa shape index (κ1) is 9.58. The number of rotatable bonds is 3. The number of nitrogens with one attached hydrogen (secondary N) is 1. The number of nitrogens with two attached hydrogens (primary N) is 1. The molecule has 0 spiro atoms. The van der Waals surface area contributed by atoms with Gasteiger partial charge in [-0.1, -0.05) is 18.2 Å². The molecular formula is C10H15N3. The summed E-state index contributed by atoms with van der Waals surface area (Å²) in [6.07, 6.45) is 0. The predicted molar refractivity (Wildman–Crippen MR) is 56.4 cm³/mol. The first-order chi connectivity index (χ1) is 6.11. The van der Waals surface area contributed by atoms with Crippen molar-refractivity contribution < 1.29 is 0 Å². The lowest BCUT2D eigenvalue weighted by molar-refractivity contribution is 1.03. The Morgan fingerprint density at radius 3 is 2.62 bits per heavy atom. The SMILES string of the molecule is Cc1ccccc1N(C)CC(=N)N. The topological polar surface area (TPSA) is 53.1 Å². The van der Waals surface area contributed by atoms with E-state index < -0.39 is 0 Å². The van der Waals surface area contributed by atoms with Crippen LogP contribution in [-0.4, -0.2) is 19.4 Å². The van der Waals surface area contributed by atoms with E-state index in [0.29, 0.717) is 6.54 Å². The van der Waals surface area contributed by atoms with Gasteiger partial charge in [0.2, 0.25) is 0 Å². The third-order valence-corrected chi connectivity index (χ3v) is 1.93. The number of aryl methyl sites for hydroxylation is 1. The van der Waals surface area contributed by atoms with Crippen LogP contribution in [-0.2, 0) is 0 Å². The van der Waals surface area contributed by atoms with Crippen LogP contribution in [0.4, 0.5) is 5.69 Å². The maximum atomic E-state index is 7.18. The maximum Gasteiger partial charge on any atom is 0.110 e. The fourth-order valence-electron chi connectivity index (χ4n) is 1.33. The molecule has 0 amide bonds. The minimum Gasteiger partial charge on any atom is -0.386 e. The van der Waals surface area contributed by atoms with Crippen molar-refractivity contribution in [1.29, 1.82) is 5.41 Å².